The summed E-state index contributed by atoms with van der Waals surface area (Å²) < 4.78 is 27.0. The molecule has 0 aromatic heterocycles. The van der Waals surface area contributed by atoms with Crippen molar-refractivity contribution in [2.24, 2.45) is 5.73 Å². The molecule has 3 nitrogen and oxygen atoms in total. The van der Waals surface area contributed by atoms with Crippen LogP contribution in [0.3, 0.4) is 0 Å². The van der Waals surface area contributed by atoms with E-state index in [1.165, 1.54) is 0 Å². The third-order valence-corrected chi connectivity index (χ3v) is 3.53. The minimum Gasteiger partial charge on any atom is -0.379 e. The van der Waals surface area contributed by atoms with Crippen LogP contribution < -0.4 is 11.1 Å². The van der Waals surface area contributed by atoms with Crippen molar-refractivity contribution in [3.8, 4) is 0 Å². The summed E-state index contributed by atoms with van der Waals surface area (Å²) in [6, 6.07) is 6.57. The molecule has 0 atom stereocenters. The molecule has 0 bridgehead atoms. The molecular weight excluding hydrogens is 321 g/mol. The van der Waals surface area contributed by atoms with Gasteiger partial charge in [0, 0.05) is 12.6 Å². The van der Waals surface area contributed by atoms with Crippen molar-refractivity contribution in [2.45, 2.75) is 6.54 Å². The Balaban J connectivity index is 2.21. The number of nitrogens with two attached hydrogens (primary N) is 1. The maximum absolute atomic E-state index is 13.6. The van der Waals surface area contributed by atoms with Crippen LogP contribution in [-0.2, 0) is 6.54 Å². The van der Waals surface area contributed by atoms with Crippen LogP contribution in [0, 0.1) is 11.6 Å². The normalized spacial score (nSPS) is 10.5. The van der Waals surface area contributed by atoms with Crippen molar-refractivity contribution < 1.29 is 13.6 Å². The first-order valence-electron chi connectivity index (χ1n) is 5.85. The van der Waals surface area contributed by atoms with Crippen LogP contribution in [0.2, 0.25) is 10.0 Å². The van der Waals surface area contributed by atoms with Gasteiger partial charge in [0.2, 0.25) is 0 Å². The molecule has 0 aliphatic heterocycles. The molecule has 2 aromatic carbocycles. The Morgan fingerprint density at radius 2 is 1.81 bits per heavy atom. The lowest BCUT2D eigenvalue weighted by Crippen LogP contribution is -2.14. The summed E-state index contributed by atoms with van der Waals surface area (Å²) >= 11 is 11.7. The third kappa shape index (κ3) is 3.62. The number of anilines is 1. The zero-order valence-electron chi connectivity index (χ0n) is 10.6. The highest BCUT2D eigenvalue weighted by Gasteiger charge is 2.13. The minimum atomic E-state index is -1.000. The van der Waals surface area contributed by atoms with Crippen molar-refractivity contribution >= 4 is 34.8 Å². The molecule has 0 aliphatic carbocycles. The molecule has 0 fully saturated rings. The Morgan fingerprint density at radius 3 is 2.43 bits per heavy atom. The molecule has 2 aromatic rings. The van der Waals surface area contributed by atoms with Gasteiger partial charge in [0.25, 0.3) is 5.91 Å². The fraction of sp³-hybridized carbons (Fsp3) is 0.0714. The van der Waals surface area contributed by atoms with Crippen molar-refractivity contribution in [3.05, 3.63) is 63.1 Å². The molecule has 110 valence electrons. The van der Waals surface area contributed by atoms with Crippen LogP contribution in [0.1, 0.15) is 15.9 Å². The van der Waals surface area contributed by atoms with Gasteiger partial charge < -0.3 is 11.1 Å². The van der Waals surface area contributed by atoms with E-state index in [4.69, 9.17) is 28.9 Å². The second kappa shape index (κ2) is 6.28. The first kappa shape index (κ1) is 15.5. The van der Waals surface area contributed by atoms with Gasteiger partial charge >= 0.3 is 0 Å². The summed E-state index contributed by atoms with van der Waals surface area (Å²) in [4.78, 5) is 11.0. The van der Waals surface area contributed by atoms with E-state index in [1.54, 1.807) is 18.2 Å². The highest BCUT2D eigenvalue weighted by molar-refractivity contribution is 6.42. The summed E-state index contributed by atoms with van der Waals surface area (Å²) in [5.41, 5.74) is 5.35. The SMILES string of the molecule is NC(=O)c1cc(NCc2ccc(Cl)c(Cl)c2)c(F)cc1F. The summed E-state index contributed by atoms with van der Waals surface area (Å²) in [6.07, 6.45) is 0. The average Bonchev–Trinajstić information content (AvgIpc) is 2.41. The Hall–Kier alpha value is -1.85. The Bertz CT molecular complexity index is 708. The number of carbonyl (C=O) groups excluding carboxylic acids is 1. The molecular formula is C14H10Cl2F2N2O. The fourth-order valence-corrected chi connectivity index (χ4v) is 2.04. The number of carbonyl (C=O) groups is 1. The number of primary amides is 1. The molecule has 0 unspecified atom stereocenters. The van der Waals surface area contributed by atoms with Crippen LogP contribution in [0.25, 0.3) is 0 Å². The molecule has 0 heterocycles. The molecule has 0 saturated carbocycles. The quantitative estimate of drug-likeness (QED) is 0.890. The van der Waals surface area contributed by atoms with Gasteiger partial charge in [-0.2, -0.15) is 0 Å². The lowest BCUT2D eigenvalue weighted by atomic mass is 10.1. The van der Waals surface area contributed by atoms with Crippen LogP contribution in [0.5, 0.6) is 0 Å². The molecule has 0 radical (unpaired) electrons. The Labute approximate surface area is 129 Å². The van der Waals surface area contributed by atoms with Gasteiger partial charge in [-0.25, -0.2) is 8.78 Å². The molecule has 0 saturated heterocycles. The summed E-state index contributed by atoms with van der Waals surface area (Å²) in [5, 5.41) is 3.52. The van der Waals surface area contributed by atoms with E-state index in [2.05, 4.69) is 5.32 Å². The second-order valence-electron chi connectivity index (χ2n) is 4.28. The van der Waals surface area contributed by atoms with E-state index in [0.717, 1.165) is 11.6 Å². The first-order chi connectivity index (χ1) is 9.88. The number of benzene rings is 2. The predicted molar refractivity (Wildman–Crippen MR) is 78.7 cm³/mol. The minimum absolute atomic E-state index is 0.0312. The molecule has 1 amide bonds. The Morgan fingerprint density at radius 1 is 1.10 bits per heavy atom. The maximum Gasteiger partial charge on any atom is 0.251 e. The maximum atomic E-state index is 13.6. The number of hydrogen-bond donors (Lipinski definition) is 2. The number of nitrogens with one attached hydrogen (secondary N) is 1. The highest BCUT2D eigenvalue weighted by Crippen LogP contribution is 2.24. The van der Waals surface area contributed by atoms with E-state index in [1.807, 2.05) is 0 Å². The highest BCUT2D eigenvalue weighted by atomic mass is 35.5. The van der Waals surface area contributed by atoms with Gasteiger partial charge in [0.1, 0.15) is 11.6 Å². The second-order valence-corrected chi connectivity index (χ2v) is 5.09. The third-order valence-electron chi connectivity index (χ3n) is 2.79. The van der Waals surface area contributed by atoms with Gasteiger partial charge in [-0.05, 0) is 23.8 Å². The predicted octanol–water partition coefficient (Wildman–Crippen LogP) is 3.98. The fourth-order valence-electron chi connectivity index (χ4n) is 1.72. The lowest BCUT2D eigenvalue weighted by molar-refractivity contribution is 0.0996. The molecule has 0 aliphatic rings. The van der Waals surface area contributed by atoms with Crippen molar-refractivity contribution in [1.29, 1.82) is 0 Å². The average molecular weight is 331 g/mol. The van der Waals surface area contributed by atoms with E-state index < -0.39 is 17.5 Å². The summed E-state index contributed by atoms with van der Waals surface area (Å²) in [7, 11) is 0. The summed E-state index contributed by atoms with van der Waals surface area (Å²) in [6.45, 7) is 0.220. The van der Waals surface area contributed by atoms with Gasteiger partial charge in [-0.1, -0.05) is 29.3 Å². The monoisotopic (exact) mass is 330 g/mol. The van der Waals surface area contributed by atoms with Gasteiger partial charge in [-0.3, -0.25) is 4.79 Å². The van der Waals surface area contributed by atoms with Gasteiger partial charge in [0.15, 0.2) is 0 Å². The van der Waals surface area contributed by atoms with E-state index in [0.29, 0.717) is 16.1 Å². The Kier molecular flexibility index (Phi) is 4.65. The van der Waals surface area contributed by atoms with E-state index >= 15 is 0 Å². The molecule has 3 N–H and O–H groups in total. The van der Waals surface area contributed by atoms with Crippen LogP contribution in [0.4, 0.5) is 14.5 Å². The number of halogens is 4. The number of hydrogen-bond acceptors (Lipinski definition) is 2. The van der Waals surface area contributed by atoms with Crippen molar-refractivity contribution in [1.82, 2.24) is 0 Å². The zero-order valence-corrected chi connectivity index (χ0v) is 12.1. The van der Waals surface area contributed by atoms with Crippen molar-refractivity contribution in [3.63, 3.8) is 0 Å². The smallest absolute Gasteiger partial charge is 0.251 e. The largest absolute Gasteiger partial charge is 0.379 e. The standard InChI is InChI=1S/C14H10Cl2F2N2O/c15-9-2-1-7(3-10(9)16)6-20-13-4-8(14(19)21)11(17)5-12(13)18/h1-5,20H,6H2,(H2,19,21). The van der Waals surface area contributed by atoms with Crippen LogP contribution in [0.15, 0.2) is 30.3 Å². The summed E-state index contributed by atoms with van der Waals surface area (Å²) in [5.74, 6) is -2.79. The van der Waals surface area contributed by atoms with Gasteiger partial charge in [-0.15, -0.1) is 0 Å². The molecule has 0 spiro atoms. The molecule has 2 rings (SSSR count). The number of rotatable bonds is 4. The zero-order chi connectivity index (χ0) is 15.6. The molecule has 21 heavy (non-hydrogen) atoms. The topological polar surface area (TPSA) is 55.1 Å². The van der Waals surface area contributed by atoms with Gasteiger partial charge in [0.05, 0.1) is 21.3 Å². The lowest BCUT2D eigenvalue weighted by Gasteiger charge is -2.10. The van der Waals surface area contributed by atoms with Crippen molar-refractivity contribution in [2.75, 3.05) is 5.32 Å². The number of amides is 1. The van der Waals surface area contributed by atoms with E-state index in [-0.39, 0.29) is 17.8 Å². The van der Waals surface area contributed by atoms with Crippen LogP contribution >= 0.6 is 23.2 Å². The first-order valence-corrected chi connectivity index (χ1v) is 6.60. The van der Waals surface area contributed by atoms with Crippen LogP contribution in [-0.4, -0.2) is 5.91 Å². The molecule has 7 heteroatoms. The van der Waals surface area contributed by atoms with E-state index in [9.17, 15) is 13.6 Å².